The summed E-state index contributed by atoms with van der Waals surface area (Å²) in [6.07, 6.45) is 3.92. The van der Waals surface area contributed by atoms with E-state index in [2.05, 4.69) is 45.7 Å². The Bertz CT molecular complexity index is 987. The van der Waals surface area contributed by atoms with Crippen molar-refractivity contribution in [2.45, 2.75) is 43.6 Å². The van der Waals surface area contributed by atoms with Crippen LogP contribution in [0.3, 0.4) is 0 Å². The van der Waals surface area contributed by atoms with Crippen molar-refractivity contribution >= 4 is 17.2 Å². The number of aromatic nitrogens is 2. The summed E-state index contributed by atoms with van der Waals surface area (Å²) >= 11 is 1.72. The Labute approximate surface area is 181 Å². The van der Waals surface area contributed by atoms with Crippen molar-refractivity contribution in [3.8, 4) is 10.6 Å². The van der Waals surface area contributed by atoms with Gasteiger partial charge in [-0.2, -0.15) is 5.10 Å². The molecule has 1 N–H and O–H groups in total. The van der Waals surface area contributed by atoms with Crippen LogP contribution in [0.25, 0.3) is 10.6 Å². The standard InChI is InChI=1S/C24H27N3O2S/c28-23(24(10-14-29-15-11-24)19-5-2-1-3-6-19)25-12-13-27-21(18-8-9-18)17-20(26-27)22-7-4-16-30-22/h1-7,16-18H,8-15H2,(H,25,28). The van der Waals surface area contributed by atoms with Gasteiger partial charge in [0.05, 0.1) is 16.8 Å². The Balaban J connectivity index is 1.30. The molecule has 0 atom stereocenters. The zero-order valence-corrected chi connectivity index (χ0v) is 17.9. The number of rotatable bonds is 7. The van der Waals surface area contributed by atoms with Crippen LogP contribution in [0.5, 0.6) is 0 Å². The Morgan fingerprint density at radius 2 is 1.97 bits per heavy atom. The van der Waals surface area contributed by atoms with E-state index in [0.29, 0.717) is 32.2 Å². The lowest BCUT2D eigenvalue weighted by Gasteiger charge is -2.36. The molecule has 5 nitrogen and oxygen atoms in total. The SMILES string of the molecule is O=C(NCCn1nc(-c2cccs2)cc1C1CC1)C1(c2ccccc2)CCOCC1. The second-order valence-electron chi connectivity index (χ2n) is 8.25. The van der Waals surface area contributed by atoms with E-state index in [1.807, 2.05) is 18.2 Å². The summed E-state index contributed by atoms with van der Waals surface area (Å²) in [5.41, 5.74) is 2.94. The highest BCUT2D eigenvalue weighted by atomic mass is 32.1. The molecule has 5 rings (SSSR count). The van der Waals surface area contributed by atoms with Gasteiger partial charge in [-0.3, -0.25) is 9.48 Å². The fourth-order valence-electron chi connectivity index (χ4n) is 4.43. The first-order chi connectivity index (χ1) is 14.8. The second kappa shape index (κ2) is 8.36. The Morgan fingerprint density at radius 3 is 2.67 bits per heavy atom. The van der Waals surface area contributed by atoms with Crippen LogP contribution >= 0.6 is 11.3 Å². The molecular formula is C24H27N3O2S. The lowest BCUT2D eigenvalue weighted by molar-refractivity contribution is -0.130. The van der Waals surface area contributed by atoms with Crippen LogP contribution in [0.4, 0.5) is 0 Å². The molecule has 2 aliphatic rings. The molecule has 2 aromatic heterocycles. The first kappa shape index (κ1) is 19.5. The molecule has 6 heteroatoms. The molecule has 0 unspecified atom stereocenters. The third-order valence-electron chi connectivity index (χ3n) is 6.30. The van der Waals surface area contributed by atoms with Crippen LogP contribution in [0.2, 0.25) is 0 Å². The second-order valence-corrected chi connectivity index (χ2v) is 9.19. The summed E-state index contributed by atoms with van der Waals surface area (Å²) in [5.74, 6) is 0.726. The quantitative estimate of drug-likeness (QED) is 0.617. The van der Waals surface area contributed by atoms with Gasteiger partial charge in [0.15, 0.2) is 0 Å². The number of carbonyl (C=O) groups excluding carboxylic acids is 1. The molecule has 1 saturated carbocycles. The summed E-state index contributed by atoms with van der Waals surface area (Å²) in [4.78, 5) is 14.5. The van der Waals surface area contributed by atoms with Crippen molar-refractivity contribution < 1.29 is 9.53 Å². The summed E-state index contributed by atoms with van der Waals surface area (Å²) in [7, 11) is 0. The number of hydrogen-bond donors (Lipinski definition) is 1. The van der Waals surface area contributed by atoms with Gasteiger partial charge in [-0.05, 0) is 48.8 Å². The highest BCUT2D eigenvalue weighted by molar-refractivity contribution is 7.13. The van der Waals surface area contributed by atoms with Gasteiger partial charge in [-0.15, -0.1) is 11.3 Å². The molecule has 2 fully saturated rings. The number of amides is 1. The van der Waals surface area contributed by atoms with Crippen molar-refractivity contribution in [1.82, 2.24) is 15.1 Å². The van der Waals surface area contributed by atoms with Gasteiger partial charge >= 0.3 is 0 Å². The van der Waals surface area contributed by atoms with Crippen molar-refractivity contribution in [3.05, 3.63) is 65.2 Å². The topological polar surface area (TPSA) is 56.2 Å². The van der Waals surface area contributed by atoms with Crippen LogP contribution in [0.1, 0.15) is 42.9 Å². The van der Waals surface area contributed by atoms with Gasteiger partial charge < -0.3 is 10.1 Å². The Hall–Kier alpha value is -2.44. The van der Waals surface area contributed by atoms with Crippen molar-refractivity contribution in [2.24, 2.45) is 0 Å². The molecule has 30 heavy (non-hydrogen) atoms. The number of benzene rings is 1. The van der Waals surface area contributed by atoms with Gasteiger partial charge in [0, 0.05) is 31.4 Å². The average molecular weight is 422 g/mol. The van der Waals surface area contributed by atoms with Crippen LogP contribution in [0.15, 0.2) is 53.9 Å². The largest absolute Gasteiger partial charge is 0.381 e. The van der Waals surface area contributed by atoms with Crippen LogP contribution in [0, 0.1) is 0 Å². The van der Waals surface area contributed by atoms with Gasteiger partial charge in [-0.1, -0.05) is 36.4 Å². The monoisotopic (exact) mass is 421 g/mol. The predicted octanol–water partition coefficient (Wildman–Crippen LogP) is 4.35. The third kappa shape index (κ3) is 3.82. The predicted molar refractivity (Wildman–Crippen MR) is 119 cm³/mol. The summed E-state index contributed by atoms with van der Waals surface area (Å²) in [5, 5.41) is 10.2. The van der Waals surface area contributed by atoms with Crippen molar-refractivity contribution in [2.75, 3.05) is 19.8 Å². The van der Waals surface area contributed by atoms with Crippen LogP contribution in [-0.2, 0) is 21.5 Å². The fraction of sp³-hybridized carbons (Fsp3) is 0.417. The highest BCUT2D eigenvalue weighted by Gasteiger charge is 2.41. The van der Waals surface area contributed by atoms with E-state index in [1.54, 1.807) is 11.3 Å². The lowest BCUT2D eigenvalue weighted by atomic mass is 9.73. The number of hydrogen-bond acceptors (Lipinski definition) is 4. The number of carbonyl (C=O) groups is 1. The van der Waals surface area contributed by atoms with Crippen LogP contribution < -0.4 is 5.32 Å². The maximum absolute atomic E-state index is 13.3. The molecule has 1 saturated heterocycles. The molecule has 0 spiro atoms. The first-order valence-electron chi connectivity index (χ1n) is 10.8. The number of thiophene rings is 1. The van der Waals surface area contributed by atoms with Crippen molar-refractivity contribution in [1.29, 1.82) is 0 Å². The average Bonchev–Trinajstić information content (AvgIpc) is 3.32. The summed E-state index contributed by atoms with van der Waals surface area (Å²) in [6.45, 7) is 2.53. The van der Waals surface area contributed by atoms with E-state index in [-0.39, 0.29) is 5.91 Å². The first-order valence-corrected chi connectivity index (χ1v) is 11.7. The molecule has 1 aromatic carbocycles. The Morgan fingerprint density at radius 1 is 1.17 bits per heavy atom. The lowest BCUT2D eigenvalue weighted by Crippen LogP contribution is -2.48. The number of ether oxygens (including phenoxy) is 1. The smallest absolute Gasteiger partial charge is 0.230 e. The normalized spacial score (nSPS) is 18.3. The zero-order chi connectivity index (χ0) is 20.4. The van der Waals surface area contributed by atoms with E-state index < -0.39 is 5.41 Å². The molecule has 0 bridgehead atoms. The van der Waals surface area contributed by atoms with Crippen molar-refractivity contribution in [3.63, 3.8) is 0 Å². The maximum atomic E-state index is 13.3. The molecule has 1 aliphatic heterocycles. The van der Waals surface area contributed by atoms with E-state index in [0.717, 1.165) is 24.1 Å². The van der Waals surface area contributed by atoms with E-state index in [4.69, 9.17) is 9.84 Å². The van der Waals surface area contributed by atoms with E-state index >= 15 is 0 Å². The number of nitrogens with one attached hydrogen (secondary N) is 1. The fourth-order valence-corrected chi connectivity index (χ4v) is 5.11. The molecule has 1 amide bonds. The molecule has 3 heterocycles. The molecule has 1 aliphatic carbocycles. The molecular weight excluding hydrogens is 394 g/mol. The highest BCUT2D eigenvalue weighted by Crippen LogP contribution is 2.41. The van der Waals surface area contributed by atoms with Gasteiger partial charge in [0.25, 0.3) is 0 Å². The molecule has 3 aromatic rings. The van der Waals surface area contributed by atoms with Gasteiger partial charge in [-0.25, -0.2) is 0 Å². The molecule has 0 radical (unpaired) electrons. The summed E-state index contributed by atoms with van der Waals surface area (Å²) < 4.78 is 7.67. The van der Waals surface area contributed by atoms with Gasteiger partial charge in [0.1, 0.15) is 5.69 Å². The summed E-state index contributed by atoms with van der Waals surface area (Å²) in [6, 6.07) is 16.6. The zero-order valence-electron chi connectivity index (χ0n) is 17.0. The minimum absolute atomic E-state index is 0.107. The minimum atomic E-state index is -0.495. The van der Waals surface area contributed by atoms with Gasteiger partial charge in [0.2, 0.25) is 5.91 Å². The van der Waals surface area contributed by atoms with Crippen LogP contribution in [-0.4, -0.2) is 35.4 Å². The molecule has 156 valence electrons. The third-order valence-corrected chi connectivity index (χ3v) is 7.19. The van der Waals surface area contributed by atoms with E-state index in [9.17, 15) is 4.79 Å². The Kier molecular flexibility index (Phi) is 5.44. The van der Waals surface area contributed by atoms with E-state index in [1.165, 1.54) is 23.4 Å². The minimum Gasteiger partial charge on any atom is -0.381 e. The maximum Gasteiger partial charge on any atom is 0.230 e. The number of nitrogens with zero attached hydrogens (tertiary/aromatic N) is 2.